The average Bonchev–Trinajstić information content (AvgIpc) is 2.77. The molecule has 5 heteroatoms. The first-order valence-electron chi connectivity index (χ1n) is 7.96. The number of pyridine rings is 1. The molecule has 0 N–H and O–H groups in total. The highest BCUT2D eigenvalue weighted by atomic mass is 16.2. The van der Waals surface area contributed by atoms with Crippen LogP contribution in [0.4, 0.5) is 0 Å². The standard InChI is InChI=1S/C17H23N3O2/c1-11-6-15(7-12(2)18-11)17(22)20-9-14-4-5-16(20)10-19(8-14)13(3)21/h6-7,14,16H,4-5,8-10H2,1-3H3/t14-,16+/m0/s1. The summed E-state index contributed by atoms with van der Waals surface area (Å²) < 4.78 is 0. The van der Waals surface area contributed by atoms with Crippen molar-refractivity contribution >= 4 is 11.8 Å². The van der Waals surface area contributed by atoms with Crippen LogP contribution in [0.3, 0.4) is 0 Å². The van der Waals surface area contributed by atoms with Crippen molar-refractivity contribution in [2.75, 3.05) is 19.6 Å². The summed E-state index contributed by atoms with van der Waals surface area (Å²) in [5.41, 5.74) is 2.45. The third-order valence-corrected chi connectivity index (χ3v) is 4.75. The lowest BCUT2D eigenvalue weighted by Crippen LogP contribution is -2.47. The lowest BCUT2D eigenvalue weighted by molar-refractivity contribution is -0.129. The lowest BCUT2D eigenvalue weighted by atomic mass is 9.94. The van der Waals surface area contributed by atoms with Gasteiger partial charge in [-0.3, -0.25) is 14.6 Å². The van der Waals surface area contributed by atoms with Crippen molar-refractivity contribution in [3.63, 3.8) is 0 Å². The van der Waals surface area contributed by atoms with Gasteiger partial charge in [-0.2, -0.15) is 0 Å². The van der Waals surface area contributed by atoms with Crippen LogP contribution in [0.15, 0.2) is 12.1 Å². The summed E-state index contributed by atoms with van der Waals surface area (Å²) in [7, 11) is 0. The fourth-order valence-corrected chi connectivity index (χ4v) is 3.71. The van der Waals surface area contributed by atoms with Crippen molar-refractivity contribution in [1.82, 2.24) is 14.8 Å². The fourth-order valence-electron chi connectivity index (χ4n) is 3.71. The zero-order valence-electron chi connectivity index (χ0n) is 13.5. The number of piperidine rings is 1. The van der Waals surface area contributed by atoms with Gasteiger partial charge in [-0.1, -0.05) is 0 Å². The average molecular weight is 301 g/mol. The van der Waals surface area contributed by atoms with Gasteiger partial charge < -0.3 is 9.80 Å². The first-order chi connectivity index (χ1) is 10.4. The Labute approximate surface area is 131 Å². The molecule has 22 heavy (non-hydrogen) atoms. The number of hydrogen-bond acceptors (Lipinski definition) is 3. The first kappa shape index (κ1) is 15.0. The van der Waals surface area contributed by atoms with E-state index in [2.05, 4.69) is 4.98 Å². The van der Waals surface area contributed by atoms with Crippen LogP contribution in [0, 0.1) is 19.8 Å². The molecule has 3 aliphatic heterocycles. The maximum absolute atomic E-state index is 12.9. The minimum absolute atomic E-state index is 0.0775. The van der Waals surface area contributed by atoms with Gasteiger partial charge >= 0.3 is 0 Å². The van der Waals surface area contributed by atoms with E-state index in [0.717, 1.165) is 37.3 Å². The van der Waals surface area contributed by atoms with E-state index in [4.69, 9.17) is 0 Å². The van der Waals surface area contributed by atoms with Gasteiger partial charge in [-0.15, -0.1) is 0 Å². The van der Waals surface area contributed by atoms with Crippen LogP contribution < -0.4 is 0 Å². The van der Waals surface area contributed by atoms with Crippen LogP contribution in [0.25, 0.3) is 0 Å². The summed E-state index contributed by atoms with van der Waals surface area (Å²) in [6, 6.07) is 3.86. The smallest absolute Gasteiger partial charge is 0.254 e. The van der Waals surface area contributed by atoms with Crippen molar-refractivity contribution in [2.45, 2.75) is 39.7 Å². The van der Waals surface area contributed by atoms with Crippen LogP contribution in [0.2, 0.25) is 0 Å². The minimum atomic E-state index is 0.0775. The van der Waals surface area contributed by atoms with Gasteiger partial charge in [0.05, 0.1) is 0 Å². The molecule has 0 radical (unpaired) electrons. The monoisotopic (exact) mass is 301 g/mol. The van der Waals surface area contributed by atoms with Crippen molar-refractivity contribution in [1.29, 1.82) is 0 Å². The molecule has 0 aliphatic carbocycles. The normalized spacial score (nSPS) is 24.3. The highest BCUT2D eigenvalue weighted by Gasteiger charge is 2.38. The number of amides is 2. The second-order valence-electron chi connectivity index (χ2n) is 6.62. The third-order valence-electron chi connectivity index (χ3n) is 4.75. The highest BCUT2D eigenvalue weighted by molar-refractivity contribution is 5.94. The van der Waals surface area contributed by atoms with Gasteiger partial charge in [0.25, 0.3) is 5.91 Å². The van der Waals surface area contributed by atoms with Crippen LogP contribution >= 0.6 is 0 Å². The van der Waals surface area contributed by atoms with Crippen molar-refractivity contribution in [3.8, 4) is 0 Å². The van der Waals surface area contributed by atoms with Gasteiger partial charge in [-0.05, 0) is 44.7 Å². The van der Waals surface area contributed by atoms with E-state index in [9.17, 15) is 9.59 Å². The molecule has 0 unspecified atom stereocenters. The Balaban J connectivity index is 1.85. The van der Waals surface area contributed by atoms with E-state index < -0.39 is 0 Å². The van der Waals surface area contributed by atoms with E-state index in [1.165, 1.54) is 0 Å². The predicted octanol–water partition coefficient (Wildman–Crippen LogP) is 1.78. The summed E-state index contributed by atoms with van der Waals surface area (Å²) in [6.45, 7) is 7.65. The van der Waals surface area contributed by atoms with Crippen LogP contribution in [0.1, 0.15) is 41.5 Å². The molecule has 2 atom stereocenters. The number of aryl methyl sites for hydroxylation is 2. The molecular weight excluding hydrogens is 278 g/mol. The fraction of sp³-hybridized carbons (Fsp3) is 0.588. The van der Waals surface area contributed by atoms with Crippen molar-refractivity contribution in [2.24, 2.45) is 5.92 Å². The summed E-state index contributed by atoms with van der Waals surface area (Å²) >= 11 is 0. The van der Waals surface area contributed by atoms with Crippen LogP contribution in [0.5, 0.6) is 0 Å². The van der Waals surface area contributed by atoms with E-state index in [1.54, 1.807) is 6.92 Å². The van der Waals surface area contributed by atoms with E-state index >= 15 is 0 Å². The van der Waals surface area contributed by atoms with Gasteiger partial charge in [0, 0.05) is 49.6 Å². The molecule has 2 amide bonds. The molecule has 0 aromatic carbocycles. The Kier molecular flexibility index (Phi) is 3.89. The molecule has 1 aromatic heterocycles. The summed E-state index contributed by atoms with van der Waals surface area (Å²) in [6.07, 6.45) is 2.09. The topological polar surface area (TPSA) is 53.5 Å². The molecule has 0 saturated carbocycles. The number of aromatic nitrogens is 1. The third kappa shape index (κ3) is 2.85. The van der Waals surface area contributed by atoms with Gasteiger partial charge in [0.1, 0.15) is 0 Å². The van der Waals surface area contributed by atoms with Gasteiger partial charge in [0.2, 0.25) is 5.91 Å². The predicted molar refractivity (Wildman–Crippen MR) is 83.5 cm³/mol. The molecule has 0 spiro atoms. The first-order valence-corrected chi connectivity index (χ1v) is 7.96. The molecule has 1 aromatic rings. The molecular formula is C17H23N3O2. The summed E-state index contributed by atoms with van der Waals surface area (Å²) in [5.74, 6) is 0.589. The number of nitrogens with zero attached hydrogens (tertiary/aromatic N) is 3. The quantitative estimate of drug-likeness (QED) is 0.794. The van der Waals surface area contributed by atoms with Gasteiger partial charge in [-0.25, -0.2) is 0 Å². The second kappa shape index (κ2) is 5.71. The molecule has 118 valence electrons. The minimum Gasteiger partial charge on any atom is -0.341 e. The number of hydrogen-bond donors (Lipinski definition) is 0. The second-order valence-corrected chi connectivity index (χ2v) is 6.62. The van der Waals surface area contributed by atoms with Crippen molar-refractivity contribution < 1.29 is 9.59 Å². The molecule has 3 saturated heterocycles. The van der Waals surface area contributed by atoms with E-state index in [-0.39, 0.29) is 17.9 Å². The summed E-state index contributed by atoms with van der Waals surface area (Å²) in [4.78, 5) is 32.9. The lowest BCUT2D eigenvalue weighted by Gasteiger charge is -2.36. The van der Waals surface area contributed by atoms with Crippen LogP contribution in [-0.2, 0) is 4.79 Å². The number of carbonyl (C=O) groups is 2. The Hall–Kier alpha value is -1.91. The Morgan fingerprint density at radius 3 is 2.41 bits per heavy atom. The van der Waals surface area contributed by atoms with Crippen molar-refractivity contribution in [3.05, 3.63) is 29.1 Å². The largest absolute Gasteiger partial charge is 0.341 e. The van der Waals surface area contributed by atoms with Gasteiger partial charge in [0.15, 0.2) is 0 Å². The molecule has 3 fully saturated rings. The Morgan fingerprint density at radius 1 is 1.09 bits per heavy atom. The molecule has 3 aliphatic rings. The van der Waals surface area contributed by atoms with E-state index in [0.29, 0.717) is 18.0 Å². The molecule has 4 heterocycles. The Bertz CT molecular complexity index is 594. The number of fused-ring (bicyclic) bond motifs is 4. The molecule has 2 bridgehead atoms. The molecule has 5 nitrogen and oxygen atoms in total. The highest BCUT2D eigenvalue weighted by Crippen LogP contribution is 2.29. The van der Waals surface area contributed by atoms with Crippen LogP contribution in [-0.4, -0.2) is 52.3 Å². The number of carbonyl (C=O) groups excluding carboxylic acids is 2. The maximum Gasteiger partial charge on any atom is 0.254 e. The Morgan fingerprint density at radius 2 is 1.77 bits per heavy atom. The molecule has 4 rings (SSSR count). The SMILES string of the molecule is CC(=O)N1C[C@@H]2CC[C@H](C1)N(C(=O)c1cc(C)nc(C)c1)C2. The maximum atomic E-state index is 12.9. The zero-order valence-corrected chi connectivity index (χ0v) is 13.5. The number of rotatable bonds is 1. The zero-order chi connectivity index (χ0) is 15.9. The van der Waals surface area contributed by atoms with E-state index in [1.807, 2.05) is 35.8 Å². The summed E-state index contributed by atoms with van der Waals surface area (Å²) in [5, 5.41) is 0.